The molecule has 0 aromatic heterocycles. The third kappa shape index (κ3) is 4.02. The molecule has 0 aliphatic heterocycles. The predicted octanol–water partition coefficient (Wildman–Crippen LogP) is 4.96. The summed E-state index contributed by atoms with van der Waals surface area (Å²) in [7, 11) is -2.99. The van der Waals surface area contributed by atoms with Gasteiger partial charge in [0, 0.05) is 17.4 Å². The lowest BCUT2D eigenvalue weighted by atomic mass is 10.2. The summed E-state index contributed by atoms with van der Waals surface area (Å²) in [6.45, 7) is 3.46. The fraction of sp³-hybridized carbons (Fsp3) is 0.143. The first kappa shape index (κ1) is 14.0. The van der Waals surface area contributed by atoms with Gasteiger partial charge in [-0.2, -0.15) is 0 Å². The van der Waals surface area contributed by atoms with Gasteiger partial charge in [-0.3, -0.25) is 4.57 Å². The van der Waals surface area contributed by atoms with Gasteiger partial charge in [0.15, 0.2) is 0 Å². The quantitative estimate of drug-likeness (QED) is 0.810. The molecule has 19 heavy (non-hydrogen) atoms. The molecule has 0 spiro atoms. The number of hydrogen-bond donors (Lipinski definition) is 1. The van der Waals surface area contributed by atoms with Crippen LogP contribution in [0.2, 0.25) is 5.02 Å². The number of anilines is 1. The molecule has 0 saturated heterocycles. The zero-order valence-electron chi connectivity index (χ0n) is 10.8. The maximum Gasteiger partial charge on any atom is 0.338 e. The third-order valence-corrected chi connectivity index (χ3v) is 3.99. The van der Waals surface area contributed by atoms with Crippen LogP contribution in [0.15, 0.2) is 48.5 Å². The Kier molecular flexibility index (Phi) is 4.18. The summed E-state index contributed by atoms with van der Waals surface area (Å²) in [6.07, 6.45) is 0. The van der Waals surface area contributed by atoms with Crippen LogP contribution >= 0.6 is 19.1 Å². The molecule has 2 aromatic rings. The number of rotatable bonds is 4. The van der Waals surface area contributed by atoms with E-state index < -0.39 is 7.52 Å². The molecule has 2 aromatic carbocycles. The highest BCUT2D eigenvalue weighted by atomic mass is 35.5. The Morgan fingerprint density at radius 2 is 1.84 bits per heavy atom. The van der Waals surface area contributed by atoms with Crippen LogP contribution in [-0.4, -0.2) is 6.66 Å². The van der Waals surface area contributed by atoms with Gasteiger partial charge in [0.25, 0.3) is 0 Å². The zero-order valence-corrected chi connectivity index (χ0v) is 12.4. The summed E-state index contributed by atoms with van der Waals surface area (Å²) in [5.74, 6) is 0.570. The standard InChI is InChI=1S/C14H15ClNO2P/c1-11-8-9-12(15)10-14(11)16-19(2,17)18-13-6-4-3-5-7-13/h3-10H,1-2H3,(H,16,17)/t19-/m1/s1. The summed E-state index contributed by atoms with van der Waals surface area (Å²) < 4.78 is 17.9. The second kappa shape index (κ2) is 5.68. The summed E-state index contributed by atoms with van der Waals surface area (Å²) >= 11 is 5.94. The molecular formula is C14H15ClNO2P. The van der Waals surface area contributed by atoms with Crippen LogP contribution in [0.3, 0.4) is 0 Å². The van der Waals surface area contributed by atoms with Crippen molar-refractivity contribution in [2.24, 2.45) is 0 Å². The summed E-state index contributed by atoms with van der Waals surface area (Å²) in [6, 6.07) is 14.5. The molecule has 0 fully saturated rings. The highest BCUT2D eigenvalue weighted by Crippen LogP contribution is 2.44. The lowest BCUT2D eigenvalue weighted by Crippen LogP contribution is -2.03. The van der Waals surface area contributed by atoms with Crippen LogP contribution in [-0.2, 0) is 4.57 Å². The number of hydrogen-bond acceptors (Lipinski definition) is 2. The van der Waals surface area contributed by atoms with E-state index >= 15 is 0 Å². The second-order valence-electron chi connectivity index (χ2n) is 4.32. The van der Waals surface area contributed by atoms with Crippen molar-refractivity contribution in [2.45, 2.75) is 6.92 Å². The molecule has 0 heterocycles. The van der Waals surface area contributed by atoms with Crippen molar-refractivity contribution in [3.63, 3.8) is 0 Å². The molecule has 0 saturated carbocycles. The van der Waals surface area contributed by atoms with Gasteiger partial charge in [-0.15, -0.1) is 0 Å². The van der Waals surface area contributed by atoms with Crippen molar-refractivity contribution in [3.8, 4) is 5.75 Å². The first-order chi connectivity index (χ1) is 8.96. The van der Waals surface area contributed by atoms with Crippen LogP contribution in [0.25, 0.3) is 0 Å². The molecule has 3 nitrogen and oxygen atoms in total. The number of para-hydroxylation sites is 1. The number of halogens is 1. The van der Waals surface area contributed by atoms with E-state index in [1.807, 2.05) is 31.2 Å². The van der Waals surface area contributed by atoms with E-state index in [-0.39, 0.29) is 0 Å². The molecule has 1 N–H and O–H groups in total. The normalized spacial score (nSPS) is 13.6. The van der Waals surface area contributed by atoms with E-state index in [2.05, 4.69) is 5.09 Å². The second-order valence-corrected chi connectivity index (χ2v) is 6.86. The average molecular weight is 296 g/mol. The lowest BCUT2D eigenvalue weighted by molar-refractivity contribution is 0.493. The average Bonchev–Trinajstić information content (AvgIpc) is 2.34. The van der Waals surface area contributed by atoms with E-state index in [1.54, 1.807) is 30.9 Å². The van der Waals surface area contributed by atoms with Gasteiger partial charge in [-0.1, -0.05) is 35.9 Å². The molecular weight excluding hydrogens is 281 g/mol. The topological polar surface area (TPSA) is 38.3 Å². The van der Waals surface area contributed by atoms with E-state index in [9.17, 15) is 4.57 Å². The highest BCUT2D eigenvalue weighted by Gasteiger charge is 2.18. The minimum absolute atomic E-state index is 0.570. The van der Waals surface area contributed by atoms with Crippen molar-refractivity contribution in [3.05, 3.63) is 59.1 Å². The third-order valence-electron chi connectivity index (χ3n) is 2.55. The van der Waals surface area contributed by atoms with Crippen molar-refractivity contribution >= 4 is 24.8 Å². The maximum absolute atomic E-state index is 12.4. The van der Waals surface area contributed by atoms with Gasteiger partial charge in [-0.05, 0) is 36.8 Å². The number of aryl methyl sites for hydroxylation is 1. The molecule has 0 bridgehead atoms. The van der Waals surface area contributed by atoms with Gasteiger partial charge in [0.05, 0.1) is 0 Å². The van der Waals surface area contributed by atoms with E-state index in [4.69, 9.17) is 16.1 Å². The van der Waals surface area contributed by atoms with Crippen LogP contribution in [0.5, 0.6) is 5.75 Å². The Labute approximate surface area is 118 Å². The monoisotopic (exact) mass is 295 g/mol. The van der Waals surface area contributed by atoms with E-state index in [0.717, 1.165) is 5.56 Å². The van der Waals surface area contributed by atoms with Gasteiger partial charge in [-0.25, -0.2) is 0 Å². The minimum Gasteiger partial charge on any atom is -0.429 e. The Balaban J connectivity index is 2.17. The van der Waals surface area contributed by atoms with Crippen molar-refractivity contribution in [2.75, 3.05) is 11.8 Å². The Hall–Kier alpha value is -1.44. The molecule has 1 atom stereocenters. The van der Waals surface area contributed by atoms with E-state index in [1.165, 1.54) is 0 Å². The summed E-state index contributed by atoms with van der Waals surface area (Å²) in [4.78, 5) is 0. The number of benzene rings is 2. The molecule has 0 amide bonds. The van der Waals surface area contributed by atoms with E-state index in [0.29, 0.717) is 16.5 Å². The predicted molar refractivity (Wildman–Crippen MR) is 80.4 cm³/mol. The van der Waals surface area contributed by atoms with Crippen molar-refractivity contribution in [1.82, 2.24) is 0 Å². The lowest BCUT2D eigenvalue weighted by Gasteiger charge is -2.18. The summed E-state index contributed by atoms with van der Waals surface area (Å²) in [5, 5.41) is 3.52. The van der Waals surface area contributed by atoms with Crippen molar-refractivity contribution < 1.29 is 9.09 Å². The van der Waals surface area contributed by atoms with Crippen LogP contribution in [0, 0.1) is 6.92 Å². The Bertz CT molecular complexity index is 616. The maximum atomic E-state index is 12.4. The molecule has 0 radical (unpaired) electrons. The first-order valence-electron chi connectivity index (χ1n) is 5.83. The Morgan fingerprint density at radius 1 is 1.16 bits per heavy atom. The molecule has 0 unspecified atom stereocenters. The fourth-order valence-corrected chi connectivity index (χ4v) is 3.06. The molecule has 2 rings (SSSR count). The van der Waals surface area contributed by atoms with Crippen LogP contribution < -0.4 is 9.61 Å². The SMILES string of the molecule is Cc1ccc(Cl)cc1N[P@](C)(=O)Oc1ccccc1. The number of nitrogens with one attached hydrogen (secondary N) is 1. The largest absolute Gasteiger partial charge is 0.429 e. The van der Waals surface area contributed by atoms with Crippen molar-refractivity contribution in [1.29, 1.82) is 0 Å². The first-order valence-corrected chi connectivity index (χ1v) is 8.28. The van der Waals surface area contributed by atoms with Gasteiger partial charge >= 0.3 is 7.52 Å². The Morgan fingerprint density at radius 3 is 2.53 bits per heavy atom. The molecule has 100 valence electrons. The summed E-state index contributed by atoms with van der Waals surface area (Å²) in [5.41, 5.74) is 1.68. The molecule has 5 heteroatoms. The smallest absolute Gasteiger partial charge is 0.338 e. The van der Waals surface area contributed by atoms with Gasteiger partial charge < -0.3 is 9.61 Å². The molecule has 0 aliphatic rings. The zero-order chi connectivity index (χ0) is 13.9. The van der Waals surface area contributed by atoms with Crippen LogP contribution in [0.1, 0.15) is 5.56 Å². The van der Waals surface area contributed by atoms with Gasteiger partial charge in [0.2, 0.25) is 0 Å². The highest BCUT2D eigenvalue weighted by molar-refractivity contribution is 7.60. The van der Waals surface area contributed by atoms with Crippen LogP contribution in [0.4, 0.5) is 5.69 Å². The van der Waals surface area contributed by atoms with Gasteiger partial charge in [0.1, 0.15) is 5.75 Å². The minimum atomic E-state index is -2.99. The fourth-order valence-electron chi connectivity index (χ4n) is 1.64. The molecule has 0 aliphatic carbocycles.